The van der Waals surface area contributed by atoms with Gasteiger partial charge in [-0.25, -0.2) is 4.79 Å². The summed E-state index contributed by atoms with van der Waals surface area (Å²) in [6.45, 7) is 0.961. The second-order valence-corrected chi connectivity index (χ2v) is 5.82. The van der Waals surface area contributed by atoms with Gasteiger partial charge in [0.2, 0.25) is 5.76 Å². The highest BCUT2D eigenvalue weighted by Gasteiger charge is 2.16. The van der Waals surface area contributed by atoms with Crippen LogP contribution in [0.5, 0.6) is 11.5 Å². The number of benzene rings is 1. The number of carbonyl (C=O) groups is 1. The van der Waals surface area contributed by atoms with Gasteiger partial charge in [0, 0.05) is 11.0 Å². The summed E-state index contributed by atoms with van der Waals surface area (Å²) in [6, 6.07) is 7.95. The predicted molar refractivity (Wildman–Crippen MR) is 73.2 cm³/mol. The molecule has 2 aromatic rings. The van der Waals surface area contributed by atoms with Crippen LogP contribution < -0.4 is 9.47 Å². The Labute approximate surface area is 122 Å². The van der Waals surface area contributed by atoms with Crippen LogP contribution in [0.4, 0.5) is 0 Å². The van der Waals surface area contributed by atoms with Gasteiger partial charge in [-0.15, -0.1) is 0 Å². The average Bonchev–Trinajstić information content (AvgIpc) is 2.95. The molecule has 0 spiro atoms. The van der Waals surface area contributed by atoms with Crippen molar-refractivity contribution >= 4 is 16.8 Å². The summed E-state index contributed by atoms with van der Waals surface area (Å²) in [4.78, 5) is 11.3. The summed E-state index contributed by atoms with van der Waals surface area (Å²) < 4.78 is 28.2. The SMILES string of the molecule is O=C(O)c1ccc(CS(=O)c2ccc3c(c2)OCCO3)o1. The molecule has 110 valence electrons. The molecule has 3 rings (SSSR count). The van der Waals surface area contributed by atoms with Gasteiger partial charge in [-0.2, -0.15) is 0 Å². The maximum Gasteiger partial charge on any atom is 0.371 e. The van der Waals surface area contributed by atoms with Crippen molar-refractivity contribution in [3.63, 3.8) is 0 Å². The number of fused-ring (bicyclic) bond motifs is 1. The first kappa shape index (κ1) is 13.7. The van der Waals surface area contributed by atoms with E-state index in [1.807, 2.05) is 0 Å². The molecular weight excluding hydrogens is 296 g/mol. The highest BCUT2D eigenvalue weighted by atomic mass is 32.2. The van der Waals surface area contributed by atoms with E-state index < -0.39 is 16.8 Å². The van der Waals surface area contributed by atoms with E-state index >= 15 is 0 Å². The van der Waals surface area contributed by atoms with Crippen molar-refractivity contribution in [2.75, 3.05) is 13.2 Å². The Morgan fingerprint density at radius 1 is 1.14 bits per heavy atom. The standard InChI is InChI=1S/C14H12O6S/c15-14(16)12-3-1-9(20-12)8-21(17)10-2-4-11-13(7-10)19-6-5-18-11/h1-4,7H,5-6,8H2,(H,15,16). The average molecular weight is 308 g/mol. The van der Waals surface area contributed by atoms with E-state index in [1.54, 1.807) is 18.2 Å². The van der Waals surface area contributed by atoms with Gasteiger partial charge in [-0.05, 0) is 24.3 Å². The lowest BCUT2D eigenvalue weighted by atomic mass is 10.3. The minimum absolute atomic E-state index is 0.104. The van der Waals surface area contributed by atoms with Crippen LogP contribution >= 0.6 is 0 Å². The molecule has 0 bridgehead atoms. The Kier molecular flexibility index (Phi) is 3.66. The lowest BCUT2D eigenvalue weighted by Crippen LogP contribution is -2.15. The molecule has 21 heavy (non-hydrogen) atoms. The predicted octanol–water partition coefficient (Wildman–Crippen LogP) is 2.06. The number of hydrogen-bond donors (Lipinski definition) is 1. The Hall–Kier alpha value is -2.28. The molecule has 0 saturated carbocycles. The van der Waals surface area contributed by atoms with Gasteiger partial charge in [0.05, 0.1) is 16.6 Å². The van der Waals surface area contributed by atoms with Gasteiger partial charge in [0.25, 0.3) is 0 Å². The van der Waals surface area contributed by atoms with Crippen LogP contribution in [0.25, 0.3) is 0 Å². The van der Waals surface area contributed by atoms with Crippen molar-refractivity contribution in [2.45, 2.75) is 10.6 Å². The van der Waals surface area contributed by atoms with Crippen molar-refractivity contribution in [3.8, 4) is 11.5 Å². The van der Waals surface area contributed by atoms with E-state index in [4.69, 9.17) is 19.0 Å². The molecule has 6 nitrogen and oxygen atoms in total. The highest BCUT2D eigenvalue weighted by molar-refractivity contribution is 7.84. The van der Waals surface area contributed by atoms with Crippen LogP contribution in [0.3, 0.4) is 0 Å². The van der Waals surface area contributed by atoms with Crippen LogP contribution in [0.15, 0.2) is 39.6 Å². The lowest BCUT2D eigenvalue weighted by molar-refractivity contribution is 0.0661. The molecule has 0 radical (unpaired) electrons. The maximum absolute atomic E-state index is 12.3. The number of furan rings is 1. The minimum Gasteiger partial charge on any atom is -0.486 e. The summed E-state index contributed by atoms with van der Waals surface area (Å²) in [5.41, 5.74) is 0. The first-order chi connectivity index (χ1) is 10.1. The lowest BCUT2D eigenvalue weighted by Gasteiger charge is -2.18. The fourth-order valence-corrected chi connectivity index (χ4v) is 2.99. The van der Waals surface area contributed by atoms with E-state index in [0.717, 1.165) is 0 Å². The van der Waals surface area contributed by atoms with Crippen molar-refractivity contribution < 1.29 is 28.0 Å². The quantitative estimate of drug-likeness (QED) is 0.930. The number of aromatic carboxylic acids is 1. The van der Waals surface area contributed by atoms with Crippen LogP contribution in [-0.2, 0) is 16.6 Å². The number of ether oxygens (including phenoxy) is 2. The molecule has 2 heterocycles. The number of carboxylic acids is 1. The van der Waals surface area contributed by atoms with Crippen molar-refractivity contribution in [1.82, 2.24) is 0 Å². The molecule has 0 fully saturated rings. The molecule has 1 aromatic carbocycles. The van der Waals surface area contributed by atoms with Crippen molar-refractivity contribution in [1.29, 1.82) is 0 Å². The normalized spacial score (nSPS) is 14.7. The number of carboxylic acid groups (broad SMARTS) is 1. The molecule has 1 aliphatic rings. The summed E-state index contributed by atoms with van der Waals surface area (Å²) in [7, 11) is -1.35. The molecule has 1 aliphatic heterocycles. The van der Waals surface area contributed by atoms with Crippen molar-refractivity contribution in [2.24, 2.45) is 0 Å². The Balaban J connectivity index is 1.77. The minimum atomic E-state index is -1.35. The summed E-state index contributed by atoms with van der Waals surface area (Å²) in [5, 5.41) is 8.78. The molecular formula is C14H12O6S. The van der Waals surface area contributed by atoms with Crippen molar-refractivity contribution in [3.05, 3.63) is 41.9 Å². The fourth-order valence-electron chi connectivity index (χ4n) is 1.95. The summed E-state index contributed by atoms with van der Waals surface area (Å²) in [6.07, 6.45) is 0. The van der Waals surface area contributed by atoms with E-state index in [-0.39, 0.29) is 11.5 Å². The Morgan fingerprint density at radius 2 is 1.90 bits per heavy atom. The van der Waals surface area contributed by atoms with Crippen LogP contribution in [0.2, 0.25) is 0 Å². The van der Waals surface area contributed by atoms with Gasteiger partial charge >= 0.3 is 5.97 Å². The third-order valence-electron chi connectivity index (χ3n) is 2.92. The number of hydrogen-bond acceptors (Lipinski definition) is 5. The summed E-state index contributed by atoms with van der Waals surface area (Å²) >= 11 is 0. The fraction of sp³-hybridized carbons (Fsp3) is 0.214. The van der Waals surface area contributed by atoms with Crippen LogP contribution in [0, 0.1) is 0 Å². The van der Waals surface area contributed by atoms with Crippen LogP contribution in [0.1, 0.15) is 16.3 Å². The van der Waals surface area contributed by atoms with Gasteiger partial charge < -0.3 is 19.0 Å². The van der Waals surface area contributed by atoms with Gasteiger partial charge in [-0.1, -0.05) is 0 Å². The van der Waals surface area contributed by atoms with E-state index in [0.29, 0.717) is 35.4 Å². The van der Waals surface area contributed by atoms with E-state index in [2.05, 4.69) is 0 Å². The van der Waals surface area contributed by atoms with E-state index in [1.165, 1.54) is 12.1 Å². The zero-order chi connectivity index (χ0) is 14.8. The largest absolute Gasteiger partial charge is 0.486 e. The third-order valence-corrected chi connectivity index (χ3v) is 4.25. The van der Waals surface area contributed by atoms with Gasteiger partial charge in [0.1, 0.15) is 19.0 Å². The molecule has 0 amide bonds. The first-order valence-electron chi connectivity index (χ1n) is 6.23. The maximum atomic E-state index is 12.3. The monoisotopic (exact) mass is 308 g/mol. The first-order valence-corrected chi connectivity index (χ1v) is 7.55. The molecule has 1 unspecified atom stereocenters. The molecule has 7 heteroatoms. The Bertz CT molecular complexity index is 705. The number of rotatable bonds is 4. The second-order valence-electron chi connectivity index (χ2n) is 4.37. The molecule has 1 atom stereocenters. The Morgan fingerprint density at radius 3 is 2.62 bits per heavy atom. The van der Waals surface area contributed by atoms with E-state index in [9.17, 15) is 9.00 Å². The summed E-state index contributed by atoms with van der Waals surface area (Å²) in [5.74, 6) is 0.356. The third kappa shape index (κ3) is 2.92. The zero-order valence-corrected chi connectivity index (χ0v) is 11.7. The smallest absolute Gasteiger partial charge is 0.371 e. The zero-order valence-electron chi connectivity index (χ0n) is 10.9. The highest BCUT2D eigenvalue weighted by Crippen LogP contribution is 2.32. The van der Waals surface area contributed by atoms with Gasteiger partial charge in [-0.3, -0.25) is 4.21 Å². The molecule has 1 aromatic heterocycles. The topological polar surface area (TPSA) is 86.0 Å². The molecule has 0 aliphatic carbocycles. The molecule has 0 saturated heterocycles. The van der Waals surface area contributed by atoms with Gasteiger partial charge in [0.15, 0.2) is 11.5 Å². The molecule has 1 N–H and O–H groups in total. The second kappa shape index (κ2) is 5.61. The van der Waals surface area contributed by atoms with Crippen LogP contribution in [-0.4, -0.2) is 28.5 Å².